The first kappa shape index (κ1) is 23.8. The molecule has 1 aliphatic rings. The van der Waals surface area contributed by atoms with Crippen LogP contribution < -0.4 is 4.72 Å². The van der Waals surface area contributed by atoms with Gasteiger partial charge in [0.2, 0.25) is 5.91 Å². The number of benzene rings is 2. The van der Waals surface area contributed by atoms with Crippen molar-refractivity contribution in [1.29, 1.82) is 0 Å². The van der Waals surface area contributed by atoms with Gasteiger partial charge in [-0.15, -0.1) is 0 Å². The molecule has 32 heavy (non-hydrogen) atoms. The Morgan fingerprint density at radius 3 is 2.28 bits per heavy atom. The smallest absolute Gasteiger partial charge is 0.261 e. The van der Waals surface area contributed by atoms with Crippen LogP contribution in [0.15, 0.2) is 53.4 Å². The fourth-order valence-electron chi connectivity index (χ4n) is 3.63. The fourth-order valence-corrected chi connectivity index (χ4v) is 4.73. The van der Waals surface area contributed by atoms with Crippen molar-refractivity contribution < 1.29 is 18.0 Å². The maximum atomic E-state index is 13.0. The maximum absolute atomic E-state index is 13.0. The van der Waals surface area contributed by atoms with Gasteiger partial charge in [0.05, 0.1) is 4.90 Å². The lowest BCUT2D eigenvalue weighted by atomic mass is 10.1. The number of nitrogens with one attached hydrogen (secondary N) is 1. The number of carbonyl (C=O) groups excluding carboxylic acids is 2. The molecule has 0 saturated carbocycles. The van der Waals surface area contributed by atoms with Crippen molar-refractivity contribution in [3.05, 3.63) is 59.7 Å². The van der Waals surface area contributed by atoms with Gasteiger partial charge in [-0.25, -0.2) is 8.42 Å². The van der Waals surface area contributed by atoms with Gasteiger partial charge in [0.25, 0.3) is 15.9 Å². The molecule has 2 amide bonds. The van der Waals surface area contributed by atoms with Gasteiger partial charge in [0.15, 0.2) is 0 Å². The van der Waals surface area contributed by atoms with Gasteiger partial charge in [-0.2, -0.15) is 0 Å². The topological polar surface area (TPSA) is 86.8 Å². The summed E-state index contributed by atoms with van der Waals surface area (Å²) in [7, 11) is -3.82. The highest BCUT2D eigenvalue weighted by Gasteiger charge is 2.25. The summed E-state index contributed by atoms with van der Waals surface area (Å²) in [6, 6.07) is 13.2. The SMILES string of the molecule is Cc1cccc(NS(=O)(=O)c2cccc(C(=O)N3CCN(C(=O)CCC(C)C)CC3)c2)c1. The third-order valence-electron chi connectivity index (χ3n) is 5.52. The van der Waals surface area contributed by atoms with E-state index < -0.39 is 10.0 Å². The monoisotopic (exact) mass is 457 g/mol. The summed E-state index contributed by atoms with van der Waals surface area (Å²) < 4.78 is 28.2. The summed E-state index contributed by atoms with van der Waals surface area (Å²) in [6.45, 7) is 7.93. The predicted molar refractivity (Wildman–Crippen MR) is 125 cm³/mol. The van der Waals surface area contributed by atoms with Gasteiger partial charge in [0, 0.05) is 43.9 Å². The molecular formula is C24H31N3O4S. The summed E-state index contributed by atoms with van der Waals surface area (Å²) in [5.41, 5.74) is 1.73. The van der Waals surface area contributed by atoms with Crippen LogP contribution in [0.1, 0.15) is 42.6 Å². The number of piperazine rings is 1. The average Bonchev–Trinajstić information content (AvgIpc) is 2.77. The van der Waals surface area contributed by atoms with Crippen LogP contribution >= 0.6 is 0 Å². The van der Waals surface area contributed by atoms with Crippen LogP contribution in [-0.4, -0.2) is 56.2 Å². The van der Waals surface area contributed by atoms with Crippen LogP contribution in [0.5, 0.6) is 0 Å². The van der Waals surface area contributed by atoms with E-state index >= 15 is 0 Å². The van der Waals surface area contributed by atoms with Crippen molar-refractivity contribution in [2.24, 2.45) is 5.92 Å². The van der Waals surface area contributed by atoms with E-state index in [1.165, 1.54) is 12.1 Å². The van der Waals surface area contributed by atoms with Crippen LogP contribution in [0.2, 0.25) is 0 Å². The second-order valence-corrected chi connectivity index (χ2v) is 10.3. The summed E-state index contributed by atoms with van der Waals surface area (Å²) in [5.74, 6) is 0.374. The molecule has 0 unspecified atom stereocenters. The molecule has 0 aliphatic carbocycles. The van der Waals surface area contributed by atoms with Crippen LogP contribution in [0.4, 0.5) is 5.69 Å². The fraction of sp³-hybridized carbons (Fsp3) is 0.417. The molecule has 172 valence electrons. The van der Waals surface area contributed by atoms with Crippen molar-refractivity contribution in [1.82, 2.24) is 9.80 Å². The van der Waals surface area contributed by atoms with Crippen molar-refractivity contribution in [3.8, 4) is 0 Å². The quantitative estimate of drug-likeness (QED) is 0.689. The molecule has 1 heterocycles. The Labute approximate surface area is 190 Å². The molecule has 1 saturated heterocycles. The second-order valence-electron chi connectivity index (χ2n) is 8.61. The lowest BCUT2D eigenvalue weighted by Crippen LogP contribution is -2.50. The molecule has 7 nitrogen and oxygen atoms in total. The molecule has 2 aromatic carbocycles. The molecule has 0 bridgehead atoms. The lowest BCUT2D eigenvalue weighted by molar-refractivity contribution is -0.132. The molecule has 0 radical (unpaired) electrons. The zero-order chi connectivity index (χ0) is 23.3. The third-order valence-corrected chi connectivity index (χ3v) is 6.90. The Bertz CT molecular complexity index is 1070. The van der Waals surface area contributed by atoms with Crippen LogP contribution in [-0.2, 0) is 14.8 Å². The van der Waals surface area contributed by atoms with Crippen LogP contribution in [0, 0.1) is 12.8 Å². The van der Waals surface area contributed by atoms with Gasteiger partial charge in [-0.05, 0) is 55.2 Å². The van der Waals surface area contributed by atoms with Crippen molar-refractivity contribution in [3.63, 3.8) is 0 Å². The zero-order valence-electron chi connectivity index (χ0n) is 18.9. The number of hydrogen-bond donors (Lipinski definition) is 1. The van der Waals surface area contributed by atoms with E-state index in [9.17, 15) is 18.0 Å². The third kappa shape index (κ3) is 6.09. The first-order valence-electron chi connectivity index (χ1n) is 10.9. The Morgan fingerprint density at radius 2 is 1.62 bits per heavy atom. The Morgan fingerprint density at radius 1 is 0.969 bits per heavy atom. The number of rotatable bonds is 7. The van der Waals surface area contributed by atoms with Crippen molar-refractivity contribution >= 4 is 27.5 Å². The van der Waals surface area contributed by atoms with Gasteiger partial charge in [-0.3, -0.25) is 14.3 Å². The van der Waals surface area contributed by atoms with Crippen molar-refractivity contribution in [2.75, 3.05) is 30.9 Å². The molecular weight excluding hydrogens is 426 g/mol. The highest BCUT2D eigenvalue weighted by atomic mass is 32.2. The number of amides is 2. The average molecular weight is 458 g/mol. The lowest BCUT2D eigenvalue weighted by Gasteiger charge is -2.35. The molecule has 1 aliphatic heterocycles. The van der Waals surface area contributed by atoms with E-state index in [-0.39, 0.29) is 16.7 Å². The maximum Gasteiger partial charge on any atom is 0.261 e. The summed E-state index contributed by atoms with van der Waals surface area (Å²) in [6.07, 6.45) is 1.38. The molecule has 0 atom stereocenters. The molecule has 1 N–H and O–H groups in total. The summed E-state index contributed by atoms with van der Waals surface area (Å²) in [5, 5.41) is 0. The van der Waals surface area contributed by atoms with Gasteiger partial charge in [-0.1, -0.05) is 32.0 Å². The molecule has 0 spiro atoms. The minimum absolute atomic E-state index is 0.0346. The molecule has 8 heteroatoms. The number of sulfonamides is 1. The van der Waals surface area contributed by atoms with E-state index in [1.54, 1.807) is 40.1 Å². The van der Waals surface area contributed by atoms with E-state index in [1.807, 2.05) is 13.0 Å². The molecule has 1 fully saturated rings. The van der Waals surface area contributed by atoms with Crippen LogP contribution in [0.25, 0.3) is 0 Å². The number of nitrogens with zero attached hydrogens (tertiary/aromatic N) is 2. The Hall–Kier alpha value is -2.87. The summed E-state index contributed by atoms with van der Waals surface area (Å²) in [4.78, 5) is 28.8. The minimum Gasteiger partial charge on any atom is -0.339 e. The van der Waals surface area contributed by atoms with Gasteiger partial charge >= 0.3 is 0 Å². The zero-order valence-corrected chi connectivity index (χ0v) is 19.7. The first-order valence-corrected chi connectivity index (χ1v) is 12.4. The molecule has 0 aromatic heterocycles. The number of hydrogen-bond acceptors (Lipinski definition) is 4. The normalized spacial score (nSPS) is 14.5. The largest absolute Gasteiger partial charge is 0.339 e. The highest BCUT2D eigenvalue weighted by molar-refractivity contribution is 7.92. The van der Waals surface area contributed by atoms with E-state index in [0.29, 0.717) is 49.8 Å². The second kappa shape index (κ2) is 10.2. The summed E-state index contributed by atoms with van der Waals surface area (Å²) >= 11 is 0. The highest BCUT2D eigenvalue weighted by Crippen LogP contribution is 2.19. The Balaban J connectivity index is 1.65. The van der Waals surface area contributed by atoms with E-state index in [0.717, 1.165) is 12.0 Å². The van der Waals surface area contributed by atoms with Gasteiger partial charge < -0.3 is 9.80 Å². The number of carbonyl (C=O) groups is 2. The molecule has 3 rings (SSSR count). The van der Waals surface area contributed by atoms with Crippen molar-refractivity contribution in [2.45, 2.75) is 38.5 Å². The first-order chi connectivity index (χ1) is 15.2. The standard InChI is InChI=1S/C24H31N3O4S/c1-18(2)10-11-23(28)26-12-14-27(15-13-26)24(29)20-7-5-9-22(17-20)32(30,31)25-21-8-4-6-19(3)16-21/h4-9,16-18,25H,10-15H2,1-3H3. The van der Waals surface area contributed by atoms with Gasteiger partial charge in [0.1, 0.15) is 0 Å². The van der Waals surface area contributed by atoms with E-state index in [2.05, 4.69) is 18.6 Å². The minimum atomic E-state index is -3.82. The number of anilines is 1. The predicted octanol–water partition coefficient (Wildman–Crippen LogP) is 3.52. The Kier molecular flexibility index (Phi) is 7.56. The van der Waals surface area contributed by atoms with E-state index in [4.69, 9.17) is 0 Å². The molecule has 2 aromatic rings. The van der Waals surface area contributed by atoms with Crippen LogP contribution in [0.3, 0.4) is 0 Å². The number of aryl methyl sites for hydroxylation is 1.